The quantitative estimate of drug-likeness (QED) is 0.464. The summed E-state index contributed by atoms with van der Waals surface area (Å²) in [6, 6.07) is 20.5. The van der Waals surface area contributed by atoms with Crippen LogP contribution < -0.4 is 15.5 Å². The van der Waals surface area contributed by atoms with Crippen LogP contribution in [0, 0.1) is 0 Å². The van der Waals surface area contributed by atoms with E-state index in [9.17, 15) is 0 Å². The zero-order chi connectivity index (χ0) is 20.2. The van der Waals surface area contributed by atoms with Crippen LogP contribution in [0.3, 0.4) is 0 Å². The van der Waals surface area contributed by atoms with Crippen LogP contribution in [0.1, 0.15) is 19.3 Å². The number of aromatic nitrogens is 3. The normalized spacial score (nSPS) is 13.9. The number of rotatable bonds is 5. The van der Waals surface area contributed by atoms with Gasteiger partial charge in [-0.2, -0.15) is 0 Å². The van der Waals surface area contributed by atoms with Gasteiger partial charge in [0.1, 0.15) is 18.0 Å². The van der Waals surface area contributed by atoms with Gasteiger partial charge < -0.3 is 15.5 Å². The fourth-order valence-corrected chi connectivity index (χ4v) is 3.89. The van der Waals surface area contributed by atoms with E-state index < -0.39 is 0 Å². The molecule has 1 aliphatic rings. The highest BCUT2D eigenvalue weighted by atomic mass is 15.1. The molecule has 1 aliphatic heterocycles. The average Bonchev–Trinajstić information content (AvgIpc) is 2.81. The largest absolute Gasteiger partial charge is 0.372 e. The van der Waals surface area contributed by atoms with E-state index in [1.807, 2.05) is 36.4 Å². The first-order valence-electron chi connectivity index (χ1n) is 10.4. The lowest BCUT2D eigenvalue weighted by Crippen LogP contribution is -2.29. The Hall–Kier alpha value is -3.67. The number of nitrogens with zero attached hydrogens (tertiary/aromatic N) is 4. The fraction of sp³-hybridized carbons (Fsp3) is 0.208. The number of fused-ring (bicyclic) bond motifs is 1. The second-order valence-corrected chi connectivity index (χ2v) is 7.51. The maximum absolute atomic E-state index is 4.49. The van der Waals surface area contributed by atoms with Gasteiger partial charge in [0, 0.05) is 42.1 Å². The van der Waals surface area contributed by atoms with E-state index in [-0.39, 0.29) is 0 Å². The maximum Gasteiger partial charge on any atom is 0.135 e. The van der Waals surface area contributed by atoms with Crippen LogP contribution in [0.2, 0.25) is 0 Å². The second kappa shape index (κ2) is 8.37. The van der Waals surface area contributed by atoms with Crippen molar-refractivity contribution in [3.8, 4) is 0 Å². The Kier molecular flexibility index (Phi) is 5.12. The van der Waals surface area contributed by atoms with E-state index in [2.05, 4.69) is 54.8 Å². The molecule has 2 N–H and O–H groups in total. The monoisotopic (exact) mass is 396 g/mol. The van der Waals surface area contributed by atoms with Crippen molar-refractivity contribution in [2.75, 3.05) is 28.6 Å². The highest BCUT2D eigenvalue weighted by Crippen LogP contribution is 2.26. The van der Waals surface area contributed by atoms with Gasteiger partial charge in [-0.1, -0.05) is 18.2 Å². The Balaban J connectivity index is 1.31. The van der Waals surface area contributed by atoms with Crippen molar-refractivity contribution >= 4 is 39.6 Å². The van der Waals surface area contributed by atoms with E-state index in [1.165, 1.54) is 24.9 Å². The number of benzene rings is 2. The van der Waals surface area contributed by atoms with Gasteiger partial charge in [-0.3, -0.25) is 4.98 Å². The van der Waals surface area contributed by atoms with Crippen LogP contribution >= 0.6 is 0 Å². The summed E-state index contributed by atoms with van der Waals surface area (Å²) in [5.41, 5.74) is 4.13. The Morgan fingerprint density at radius 3 is 2.33 bits per heavy atom. The van der Waals surface area contributed by atoms with Crippen molar-refractivity contribution in [2.24, 2.45) is 0 Å². The molecule has 1 fully saturated rings. The number of hydrogen-bond acceptors (Lipinski definition) is 6. The van der Waals surface area contributed by atoms with Crippen LogP contribution in [-0.4, -0.2) is 28.0 Å². The Morgan fingerprint density at radius 2 is 1.50 bits per heavy atom. The molecule has 6 nitrogen and oxygen atoms in total. The molecule has 3 heterocycles. The summed E-state index contributed by atoms with van der Waals surface area (Å²) in [6.45, 7) is 2.30. The van der Waals surface area contributed by atoms with Gasteiger partial charge >= 0.3 is 0 Å². The second-order valence-electron chi connectivity index (χ2n) is 7.51. The van der Waals surface area contributed by atoms with Crippen molar-refractivity contribution < 1.29 is 0 Å². The third kappa shape index (κ3) is 4.03. The molecule has 4 aromatic rings. The summed E-state index contributed by atoms with van der Waals surface area (Å²) in [4.78, 5) is 15.7. The van der Waals surface area contributed by atoms with E-state index in [4.69, 9.17) is 0 Å². The highest BCUT2D eigenvalue weighted by molar-refractivity contribution is 5.91. The minimum absolute atomic E-state index is 0.718. The van der Waals surface area contributed by atoms with Crippen LogP contribution in [-0.2, 0) is 0 Å². The Bertz CT molecular complexity index is 1130. The maximum atomic E-state index is 4.49. The van der Waals surface area contributed by atoms with E-state index >= 15 is 0 Å². The van der Waals surface area contributed by atoms with Crippen molar-refractivity contribution in [1.29, 1.82) is 0 Å². The van der Waals surface area contributed by atoms with E-state index in [0.717, 1.165) is 47.0 Å². The molecule has 0 atom stereocenters. The number of nitrogens with one attached hydrogen (secondary N) is 2. The molecule has 0 unspecified atom stereocenters. The zero-order valence-corrected chi connectivity index (χ0v) is 16.8. The fourth-order valence-electron chi connectivity index (χ4n) is 3.89. The minimum Gasteiger partial charge on any atom is -0.372 e. The summed E-state index contributed by atoms with van der Waals surface area (Å²) >= 11 is 0. The summed E-state index contributed by atoms with van der Waals surface area (Å²) < 4.78 is 0. The molecule has 150 valence electrons. The number of pyridine rings is 1. The van der Waals surface area contributed by atoms with Crippen molar-refractivity contribution in [3.05, 3.63) is 73.2 Å². The first-order valence-corrected chi connectivity index (χ1v) is 10.4. The third-order valence-electron chi connectivity index (χ3n) is 5.42. The highest BCUT2D eigenvalue weighted by Gasteiger charge is 2.10. The third-order valence-corrected chi connectivity index (χ3v) is 5.42. The summed E-state index contributed by atoms with van der Waals surface area (Å²) in [5.74, 6) is 1.46. The molecule has 0 radical (unpaired) electrons. The minimum atomic E-state index is 0.718. The topological polar surface area (TPSA) is 66.0 Å². The lowest BCUT2D eigenvalue weighted by Gasteiger charge is -2.28. The molecule has 30 heavy (non-hydrogen) atoms. The lowest BCUT2D eigenvalue weighted by molar-refractivity contribution is 0.578. The molecule has 0 spiro atoms. The van der Waals surface area contributed by atoms with Gasteiger partial charge in [0.2, 0.25) is 0 Å². The smallest absolute Gasteiger partial charge is 0.135 e. The predicted octanol–water partition coefficient (Wildman–Crippen LogP) is 5.50. The summed E-state index contributed by atoms with van der Waals surface area (Å²) in [7, 11) is 0. The standard InChI is InChI=1S/C24H24N6/c1-2-14-30(15-3-1)20-11-9-19(10-12-20)28-22-16-23(27-17-26-22)29-21-8-4-6-18-7-5-13-25-24(18)21/h4-13,16-17H,1-3,14-15H2,(H2,26,27,28,29). The summed E-state index contributed by atoms with van der Waals surface area (Å²) in [5, 5.41) is 7.82. The molecular weight excluding hydrogens is 372 g/mol. The van der Waals surface area contributed by atoms with Crippen molar-refractivity contribution in [3.63, 3.8) is 0 Å². The van der Waals surface area contributed by atoms with Gasteiger partial charge in [-0.05, 0) is 55.7 Å². The van der Waals surface area contributed by atoms with E-state index in [0.29, 0.717) is 0 Å². The van der Waals surface area contributed by atoms with Crippen LogP contribution in [0.4, 0.5) is 28.7 Å². The Morgan fingerprint density at radius 1 is 0.733 bits per heavy atom. The lowest BCUT2D eigenvalue weighted by atomic mass is 10.1. The van der Waals surface area contributed by atoms with Crippen LogP contribution in [0.15, 0.2) is 73.2 Å². The predicted molar refractivity (Wildman–Crippen MR) is 123 cm³/mol. The summed E-state index contributed by atoms with van der Waals surface area (Å²) in [6.07, 6.45) is 7.26. The molecule has 0 amide bonds. The first kappa shape index (κ1) is 18.4. The van der Waals surface area contributed by atoms with Crippen molar-refractivity contribution in [2.45, 2.75) is 19.3 Å². The van der Waals surface area contributed by atoms with Gasteiger partial charge in [-0.15, -0.1) is 0 Å². The van der Waals surface area contributed by atoms with Gasteiger partial charge in [0.05, 0.1) is 11.2 Å². The number of piperidine rings is 1. The molecule has 0 saturated carbocycles. The number of hydrogen-bond donors (Lipinski definition) is 2. The number of para-hydroxylation sites is 1. The molecule has 0 bridgehead atoms. The average molecular weight is 396 g/mol. The Labute approximate surface area is 176 Å². The molecule has 2 aromatic heterocycles. The van der Waals surface area contributed by atoms with E-state index in [1.54, 1.807) is 12.5 Å². The first-order chi connectivity index (χ1) is 14.8. The molecular formula is C24H24N6. The molecule has 6 heteroatoms. The van der Waals surface area contributed by atoms with Gasteiger partial charge in [0.15, 0.2) is 0 Å². The van der Waals surface area contributed by atoms with Crippen LogP contribution in [0.25, 0.3) is 10.9 Å². The molecule has 2 aromatic carbocycles. The SMILES string of the molecule is c1cnc2c(Nc3cc(Nc4ccc(N5CCCCC5)cc4)ncn3)cccc2c1. The molecule has 1 saturated heterocycles. The molecule has 5 rings (SSSR count). The van der Waals surface area contributed by atoms with Gasteiger partial charge in [-0.25, -0.2) is 9.97 Å². The zero-order valence-electron chi connectivity index (χ0n) is 16.8. The van der Waals surface area contributed by atoms with Crippen molar-refractivity contribution in [1.82, 2.24) is 15.0 Å². The van der Waals surface area contributed by atoms with Crippen LogP contribution in [0.5, 0.6) is 0 Å². The van der Waals surface area contributed by atoms with Gasteiger partial charge in [0.25, 0.3) is 0 Å². The number of anilines is 5. The molecule has 0 aliphatic carbocycles.